The van der Waals surface area contributed by atoms with Crippen LogP contribution in [0.1, 0.15) is 31.4 Å². The van der Waals surface area contributed by atoms with Crippen molar-refractivity contribution in [3.8, 4) is 0 Å². The molecule has 1 saturated heterocycles. The smallest absolute Gasteiger partial charge is 0.222 e. The number of fused-ring (bicyclic) bond motifs is 1. The van der Waals surface area contributed by atoms with E-state index in [1.165, 1.54) is 0 Å². The van der Waals surface area contributed by atoms with Crippen molar-refractivity contribution >= 4 is 11.8 Å². The largest absolute Gasteiger partial charge is 0.394 e. The zero-order valence-corrected chi connectivity index (χ0v) is 13.9. The SMILES string of the molecule is CO[C@@]12CC[C@@H](OCCO)C[C@@H]1N(c1cc(C)nc(N)n1)CC2. The van der Waals surface area contributed by atoms with Crippen LogP contribution in [0, 0.1) is 6.92 Å². The third-order valence-electron chi connectivity index (χ3n) is 5.14. The van der Waals surface area contributed by atoms with Gasteiger partial charge in [-0.3, -0.25) is 0 Å². The van der Waals surface area contributed by atoms with Crippen molar-refractivity contribution in [1.29, 1.82) is 0 Å². The fourth-order valence-electron chi connectivity index (χ4n) is 4.03. The van der Waals surface area contributed by atoms with Crippen LogP contribution in [-0.2, 0) is 9.47 Å². The molecule has 0 spiro atoms. The van der Waals surface area contributed by atoms with Gasteiger partial charge in [0.15, 0.2) is 0 Å². The minimum Gasteiger partial charge on any atom is -0.394 e. The maximum Gasteiger partial charge on any atom is 0.222 e. The first-order chi connectivity index (χ1) is 11.1. The summed E-state index contributed by atoms with van der Waals surface area (Å²) < 4.78 is 11.7. The average molecular weight is 322 g/mol. The Morgan fingerprint density at radius 1 is 1.43 bits per heavy atom. The summed E-state index contributed by atoms with van der Waals surface area (Å²) in [4.78, 5) is 10.9. The Labute approximate surface area is 136 Å². The molecule has 1 aromatic heterocycles. The number of aryl methyl sites for hydroxylation is 1. The Morgan fingerprint density at radius 3 is 2.96 bits per heavy atom. The van der Waals surface area contributed by atoms with Crippen molar-refractivity contribution in [3.63, 3.8) is 0 Å². The molecular weight excluding hydrogens is 296 g/mol. The Balaban J connectivity index is 1.84. The third-order valence-corrected chi connectivity index (χ3v) is 5.14. The fourth-order valence-corrected chi connectivity index (χ4v) is 4.03. The maximum atomic E-state index is 8.98. The molecule has 7 nitrogen and oxygen atoms in total. The van der Waals surface area contributed by atoms with E-state index in [9.17, 15) is 0 Å². The van der Waals surface area contributed by atoms with Crippen LogP contribution in [0.4, 0.5) is 11.8 Å². The molecule has 23 heavy (non-hydrogen) atoms. The summed E-state index contributed by atoms with van der Waals surface area (Å²) in [5.41, 5.74) is 6.54. The van der Waals surface area contributed by atoms with E-state index in [-0.39, 0.29) is 24.4 Å². The van der Waals surface area contributed by atoms with Crippen molar-refractivity contribution < 1.29 is 14.6 Å². The monoisotopic (exact) mass is 322 g/mol. The summed E-state index contributed by atoms with van der Waals surface area (Å²) in [6.45, 7) is 3.26. The summed E-state index contributed by atoms with van der Waals surface area (Å²) in [5.74, 6) is 1.17. The number of aliphatic hydroxyl groups excluding tert-OH is 1. The number of aliphatic hydroxyl groups is 1. The van der Waals surface area contributed by atoms with Crippen LogP contribution >= 0.6 is 0 Å². The molecule has 0 radical (unpaired) electrons. The average Bonchev–Trinajstić information content (AvgIpc) is 2.91. The van der Waals surface area contributed by atoms with E-state index in [2.05, 4.69) is 14.9 Å². The lowest BCUT2D eigenvalue weighted by Crippen LogP contribution is -2.52. The number of rotatable bonds is 5. The Hall–Kier alpha value is -1.44. The van der Waals surface area contributed by atoms with Crippen molar-refractivity contribution in [2.24, 2.45) is 0 Å². The predicted octanol–water partition coefficient (Wildman–Crippen LogP) is 0.893. The van der Waals surface area contributed by atoms with Gasteiger partial charge in [0.1, 0.15) is 5.82 Å². The summed E-state index contributed by atoms with van der Waals surface area (Å²) in [6.07, 6.45) is 3.92. The number of hydrogen-bond donors (Lipinski definition) is 2. The minimum absolute atomic E-state index is 0.0575. The normalized spacial score (nSPS) is 30.5. The lowest BCUT2D eigenvalue weighted by atomic mass is 9.79. The van der Waals surface area contributed by atoms with E-state index in [4.69, 9.17) is 20.3 Å². The quantitative estimate of drug-likeness (QED) is 0.831. The minimum atomic E-state index is -0.146. The van der Waals surface area contributed by atoms with E-state index in [1.54, 1.807) is 7.11 Å². The Morgan fingerprint density at radius 2 is 2.26 bits per heavy atom. The number of ether oxygens (including phenoxy) is 2. The molecule has 2 fully saturated rings. The van der Waals surface area contributed by atoms with Crippen molar-refractivity contribution in [1.82, 2.24) is 9.97 Å². The molecule has 3 rings (SSSR count). The molecule has 3 atom stereocenters. The molecular formula is C16H26N4O3. The summed E-state index contributed by atoms with van der Waals surface area (Å²) in [6, 6.07) is 2.18. The number of hydrogen-bond acceptors (Lipinski definition) is 7. The van der Waals surface area contributed by atoms with Crippen LogP contribution in [-0.4, -0.2) is 59.7 Å². The predicted molar refractivity (Wildman–Crippen MR) is 87.3 cm³/mol. The topological polar surface area (TPSA) is 93.7 Å². The standard InChI is InChI=1S/C16H26N4O3/c1-11-9-14(19-15(17)18-11)20-6-5-16(22-2)4-3-12(10-13(16)20)23-8-7-21/h9,12-13,21H,3-8,10H2,1-2H3,(H2,17,18,19)/t12-,13+,16-/m1/s1. The van der Waals surface area contributed by atoms with E-state index in [0.717, 1.165) is 43.7 Å². The molecule has 1 aliphatic carbocycles. The summed E-state index contributed by atoms with van der Waals surface area (Å²) in [5, 5.41) is 8.98. The molecule has 3 N–H and O–H groups in total. The lowest BCUT2D eigenvalue weighted by Gasteiger charge is -2.43. The van der Waals surface area contributed by atoms with Crippen molar-refractivity contribution in [2.45, 2.75) is 50.4 Å². The van der Waals surface area contributed by atoms with Gasteiger partial charge in [-0.15, -0.1) is 0 Å². The van der Waals surface area contributed by atoms with Gasteiger partial charge < -0.3 is 25.2 Å². The number of nitrogens with two attached hydrogens (primary N) is 1. The highest BCUT2D eigenvalue weighted by Crippen LogP contribution is 2.44. The van der Waals surface area contributed by atoms with Crippen LogP contribution in [0.2, 0.25) is 0 Å². The van der Waals surface area contributed by atoms with Crippen LogP contribution in [0.25, 0.3) is 0 Å². The Kier molecular flexibility index (Phi) is 4.70. The molecule has 2 heterocycles. The van der Waals surface area contributed by atoms with Gasteiger partial charge >= 0.3 is 0 Å². The van der Waals surface area contributed by atoms with Crippen molar-refractivity contribution in [2.75, 3.05) is 37.5 Å². The number of methoxy groups -OCH3 is 1. The molecule has 1 aliphatic heterocycles. The van der Waals surface area contributed by atoms with Gasteiger partial charge in [0, 0.05) is 25.4 Å². The van der Waals surface area contributed by atoms with Gasteiger partial charge in [0.05, 0.1) is 31.0 Å². The summed E-state index contributed by atoms with van der Waals surface area (Å²) >= 11 is 0. The molecule has 0 bridgehead atoms. The zero-order chi connectivity index (χ0) is 16.4. The van der Waals surface area contributed by atoms with E-state index >= 15 is 0 Å². The number of nitrogen functional groups attached to an aromatic ring is 1. The maximum absolute atomic E-state index is 8.98. The van der Waals surface area contributed by atoms with Gasteiger partial charge in [-0.1, -0.05) is 0 Å². The van der Waals surface area contributed by atoms with Crippen LogP contribution in [0.5, 0.6) is 0 Å². The highest BCUT2D eigenvalue weighted by atomic mass is 16.5. The zero-order valence-electron chi connectivity index (χ0n) is 13.9. The fraction of sp³-hybridized carbons (Fsp3) is 0.750. The van der Waals surface area contributed by atoms with Crippen molar-refractivity contribution in [3.05, 3.63) is 11.8 Å². The van der Waals surface area contributed by atoms with Crippen LogP contribution in [0.15, 0.2) is 6.07 Å². The first-order valence-corrected chi connectivity index (χ1v) is 8.23. The van der Waals surface area contributed by atoms with Crippen LogP contribution in [0.3, 0.4) is 0 Å². The summed E-state index contributed by atoms with van der Waals surface area (Å²) in [7, 11) is 1.80. The molecule has 2 aliphatic rings. The highest BCUT2D eigenvalue weighted by molar-refractivity contribution is 5.47. The van der Waals surface area contributed by atoms with E-state index in [1.807, 2.05) is 13.0 Å². The number of aromatic nitrogens is 2. The van der Waals surface area contributed by atoms with E-state index in [0.29, 0.717) is 12.6 Å². The van der Waals surface area contributed by atoms with Gasteiger partial charge in [-0.2, -0.15) is 4.98 Å². The molecule has 128 valence electrons. The molecule has 0 amide bonds. The number of nitrogens with zero attached hydrogens (tertiary/aromatic N) is 3. The molecule has 1 aromatic rings. The second kappa shape index (κ2) is 6.59. The Bertz CT molecular complexity index is 536. The van der Waals surface area contributed by atoms with Gasteiger partial charge in [0.2, 0.25) is 5.95 Å². The molecule has 0 unspecified atom stereocenters. The van der Waals surface area contributed by atoms with Gasteiger partial charge in [0.25, 0.3) is 0 Å². The van der Waals surface area contributed by atoms with Gasteiger partial charge in [-0.05, 0) is 32.6 Å². The first-order valence-electron chi connectivity index (χ1n) is 8.23. The van der Waals surface area contributed by atoms with Gasteiger partial charge in [-0.25, -0.2) is 4.98 Å². The highest BCUT2D eigenvalue weighted by Gasteiger charge is 2.51. The second-order valence-electron chi connectivity index (χ2n) is 6.44. The van der Waals surface area contributed by atoms with Crippen LogP contribution < -0.4 is 10.6 Å². The molecule has 1 saturated carbocycles. The molecule has 0 aromatic carbocycles. The number of anilines is 2. The molecule has 7 heteroatoms. The van der Waals surface area contributed by atoms with E-state index < -0.39 is 0 Å². The first kappa shape index (κ1) is 16.4. The third kappa shape index (κ3) is 3.13. The lowest BCUT2D eigenvalue weighted by molar-refractivity contribution is -0.0835. The second-order valence-corrected chi connectivity index (χ2v) is 6.44.